The van der Waals surface area contributed by atoms with Gasteiger partial charge >= 0.3 is 5.97 Å². The first-order valence-electron chi connectivity index (χ1n) is 11.5. The van der Waals surface area contributed by atoms with Crippen LogP contribution in [0.2, 0.25) is 0 Å². The number of piperazine rings is 1. The summed E-state index contributed by atoms with van der Waals surface area (Å²) in [5.74, 6) is 0.421. The van der Waals surface area contributed by atoms with Gasteiger partial charge in [0, 0.05) is 44.3 Å². The van der Waals surface area contributed by atoms with Crippen molar-refractivity contribution in [1.29, 1.82) is 5.26 Å². The molecule has 5 rings (SSSR count). The fraction of sp³-hybridized carbons (Fsp3) is 0.462. The Bertz CT molecular complexity index is 1120. The zero-order chi connectivity index (χ0) is 22.9. The number of morpholine rings is 1. The number of hydrogen-bond acceptors (Lipinski definition) is 7. The van der Waals surface area contributed by atoms with E-state index in [0.29, 0.717) is 36.1 Å². The lowest BCUT2D eigenvalue weighted by molar-refractivity contribution is -0.0903. The second-order valence-corrected chi connectivity index (χ2v) is 9.05. The number of benzene rings is 2. The Morgan fingerprint density at radius 1 is 1.21 bits per heavy atom. The summed E-state index contributed by atoms with van der Waals surface area (Å²) < 4.78 is 16.9. The molecule has 0 spiro atoms. The molecule has 0 aromatic heterocycles. The first-order chi connectivity index (χ1) is 16.1. The van der Waals surface area contributed by atoms with E-state index in [2.05, 4.69) is 22.8 Å². The zero-order valence-corrected chi connectivity index (χ0v) is 20.4. The molecule has 2 aromatic rings. The van der Waals surface area contributed by atoms with Crippen molar-refractivity contribution in [3.63, 3.8) is 0 Å². The summed E-state index contributed by atoms with van der Waals surface area (Å²) in [5, 5.41) is 9.17. The molecule has 0 unspecified atom stereocenters. The number of fused-ring (bicyclic) bond motifs is 2. The minimum atomic E-state index is -0.222. The summed E-state index contributed by atoms with van der Waals surface area (Å²) in [6.07, 6.45) is 0.952. The molecule has 2 atom stereocenters. The van der Waals surface area contributed by atoms with Crippen LogP contribution in [0.25, 0.3) is 0 Å². The van der Waals surface area contributed by atoms with Crippen molar-refractivity contribution in [2.75, 3.05) is 46.4 Å². The Morgan fingerprint density at radius 3 is 2.85 bits per heavy atom. The van der Waals surface area contributed by atoms with Crippen LogP contribution in [0.15, 0.2) is 30.3 Å². The molecule has 0 aliphatic carbocycles. The predicted octanol–water partition coefficient (Wildman–Crippen LogP) is 3.27. The Morgan fingerprint density at radius 2 is 2.06 bits per heavy atom. The van der Waals surface area contributed by atoms with Crippen LogP contribution in [0, 0.1) is 18.3 Å². The van der Waals surface area contributed by atoms with E-state index >= 15 is 0 Å². The van der Waals surface area contributed by atoms with Gasteiger partial charge in [0.05, 0.1) is 30.9 Å². The predicted molar refractivity (Wildman–Crippen MR) is 129 cm³/mol. The van der Waals surface area contributed by atoms with Gasteiger partial charge in [-0.25, -0.2) is 4.79 Å². The van der Waals surface area contributed by atoms with Gasteiger partial charge in [0.15, 0.2) is 0 Å². The minimum absolute atomic E-state index is 0. The van der Waals surface area contributed by atoms with E-state index in [-0.39, 0.29) is 24.5 Å². The van der Waals surface area contributed by atoms with E-state index in [1.54, 1.807) is 7.11 Å². The maximum Gasteiger partial charge on any atom is 0.338 e. The van der Waals surface area contributed by atoms with Crippen molar-refractivity contribution >= 4 is 18.4 Å². The van der Waals surface area contributed by atoms with E-state index in [1.165, 1.54) is 11.1 Å². The highest BCUT2D eigenvalue weighted by atomic mass is 35.5. The van der Waals surface area contributed by atoms with Gasteiger partial charge in [-0.15, -0.1) is 12.4 Å². The van der Waals surface area contributed by atoms with Crippen LogP contribution in [-0.4, -0.2) is 68.3 Å². The highest BCUT2D eigenvalue weighted by Gasteiger charge is 2.35. The van der Waals surface area contributed by atoms with E-state index in [1.807, 2.05) is 30.3 Å². The molecule has 7 nitrogen and oxygen atoms in total. The number of methoxy groups -OCH3 is 1. The summed E-state index contributed by atoms with van der Waals surface area (Å²) in [7, 11) is 1.60. The Labute approximate surface area is 206 Å². The first-order valence-corrected chi connectivity index (χ1v) is 11.5. The lowest BCUT2D eigenvalue weighted by Crippen LogP contribution is -2.58. The molecule has 0 radical (unpaired) electrons. The third-order valence-electron chi connectivity index (χ3n) is 7.24. The van der Waals surface area contributed by atoms with Crippen LogP contribution in [-0.2, 0) is 22.5 Å². The summed E-state index contributed by atoms with van der Waals surface area (Å²) in [6, 6.07) is 12.3. The number of hydrogen-bond donors (Lipinski definition) is 0. The molecule has 2 aromatic carbocycles. The van der Waals surface area contributed by atoms with E-state index in [9.17, 15) is 4.79 Å². The molecule has 180 valence electrons. The molecule has 8 heteroatoms. The van der Waals surface area contributed by atoms with E-state index < -0.39 is 0 Å². The lowest BCUT2D eigenvalue weighted by Gasteiger charge is -2.46. The smallest absolute Gasteiger partial charge is 0.338 e. The molecular formula is C26H30ClN3O4. The number of carbonyl (C=O) groups is 1. The van der Waals surface area contributed by atoms with Crippen LogP contribution < -0.4 is 4.74 Å². The molecule has 2 saturated heterocycles. The minimum Gasteiger partial charge on any atom is -0.495 e. The lowest BCUT2D eigenvalue weighted by atomic mass is 9.94. The number of nitrogens with zero attached hydrogens (tertiary/aromatic N) is 3. The van der Waals surface area contributed by atoms with Gasteiger partial charge < -0.3 is 19.1 Å². The first kappa shape index (κ1) is 24.5. The standard InChI is InChI=1S/C26H29N3O4.ClH/c1-17-21(5-6-22-23(17)16-33-26(22)30)25-14-29-10-9-28(13-20(29)15-32-25)8-7-18-3-4-19(12-27)24(11-18)31-2;/h3-6,11,20,25H,7-10,13-16H2,1-2H3;1H/t20-,25-;/m1./s1. The highest BCUT2D eigenvalue weighted by Crippen LogP contribution is 2.33. The third kappa shape index (κ3) is 4.64. The van der Waals surface area contributed by atoms with Crippen molar-refractivity contribution in [3.05, 3.63) is 63.7 Å². The van der Waals surface area contributed by atoms with Gasteiger partial charge in [0.2, 0.25) is 0 Å². The number of halogens is 1. The zero-order valence-electron chi connectivity index (χ0n) is 19.6. The van der Waals surface area contributed by atoms with Crippen molar-refractivity contribution in [1.82, 2.24) is 9.80 Å². The van der Waals surface area contributed by atoms with Crippen LogP contribution in [0.1, 0.15) is 44.3 Å². The summed E-state index contributed by atoms with van der Waals surface area (Å²) in [6.45, 7) is 8.04. The van der Waals surface area contributed by atoms with Crippen LogP contribution in [0.5, 0.6) is 5.75 Å². The quantitative estimate of drug-likeness (QED) is 0.604. The fourth-order valence-corrected chi connectivity index (χ4v) is 5.23. The Hall–Kier alpha value is -2.63. The molecule has 3 aliphatic rings. The average Bonchev–Trinajstić information content (AvgIpc) is 3.23. The second kappa shape index (κ2) is 10.3. The topological polar surface area (TPSA) is 75.0 Å². The Balaban J connectivity index is 0.00000274. The van der Waals surface area contributed by atoms with Crippen LogP contribution in [0.3, 0.4) is 0 Å². The van der Waals surface area contributed by atoms with Crippen molar-refractivity contribution in [2.24, 2.45) is 0 Å². The molecular weight excluding hydrogens is 454 g/mol. The monoisotopic (exact) mass is 483 g/mol. The SMILES string of the molecule is COc1cc(CCN2CCN3C[C@H](c4ccc5c(c4C)COC5=O)OC[C@H]3C2)ccc1C#N.Cl. The molecule has 0 saturated carbocycles. The summed E-state index contributed by atoms with van der Waals surface area (Å²) in [4.78, 5) is 16.9. The van der Waals surface area contributed by atoms with Crippen LogP contribution >= 0.6 is 12.4 Å². The number of esters is 1. The molecule has 0 N–H and O–H groups in total. The van der Waals surface area contributed by atoms with Gasteiger partial charge in [-0.2, -0.15) is 5.26 Å². The van der Waals surface area contributed by atoms with Gasteiger partial charge in [-0.3, -0.25) is 4.90 Å². The molecule has 0 bridgehead atoms. The van der Waals surface area contributed by atoms with Crippen LogP contribution in [0.4, 0.5) is 0 Å². The third-order valence-corrected chi connectivity index (χ3v) is 7.24. The number of cyclic esters (lactones) is 1. The molecule has 3 heterocycles. The number of ether oxygens (including phenoxy) is 3. The molecule has 3 aliphatic heterocycles. The van der Waals surface area contributed by atoms with E-state index in [4.69, 9.17) is 19.5 Å². The van der Waals surface area contributed by atoms with Gasteiger partial charge in [-0.1, -0.05) is 12.1 Å². The van der Waals surface area contributed by atoms with Crippen molar-refractivity contribution in [3.8, 4) is 11.8 Å². The molecule has 0 amide bonds. The van der Waals surface area contributed by atoms with Crippen molar-refractivity contribution in [2.45, 2.75) is 32.1 Å². The normalized spacial score (nSPS) is 22.2. The van der Waals surface area contributed by atoms with Gasteiger partial charge in [-0.05, 0) is 48.2 Å². The highest BCUT2D eigenvalue weighted by molar-refractivity contribution is 5.94. The van der Waals surface area contributed by atoms with Gasteiger partial charge in [0.1, 0.15) is 18.4 Å². The maximum absolute atomic E-state index is 11.8. The largest absolute Gasteiger partial charge is 0.495 e. The summed E-state index contributed by atoms with van der Waals surface area (Å²) in [5.41, 5.74) is 5.75. The van der Waals surface area contributed by atoms with Gasteiger partial charge in [0.25, 0.3) is 0 Å². The Kier molecular flexibility index (Phi) is 7.44. The van der Waals surface area contributed by atoms with E-state index in [0.717, 1.165) is 50.3 Å². The average molecular weight is 484 g/mol. The summed E-state index contributed by atoms with van der Waals surface area (Å²) >= 11 is 0. The second-order valence-electron chi connectivity index (χ2n) is 9.05. The fourth-order valence-electron chi connectivity index (χ4n) is 5.23. The maximum atomic E-state index is 11.8. The van der Waals surface area contributed by atoms with Crippen molar-refractivity contribution < 1.29 is 19.0 Å². The molecule has 34 heavy (non-hydrogen) atoms. The number of rotatable bonds is 5. The number of nitriles is 1. The molecule has 2 fully saturated rings. The number of carbonyl (C=O) groups excluding carboxylic acids is 1.